The van der Waals surface area contributed by atoms with Crippen LogP contribution in [-0.4, -0.2) is 41.3 Å². The Kier molecular flexibility index (Phi) is 4.28. The molecule has 1 N–H and O–H groups in total. The molecule has 0 bridgehead atoms. The van der Waals surface area contributed by atoms with Crippen LogP contribution in [0.3, 0.4) is 0 Å². The number of aliphatic imine (C=N–C) groups is 1. The van der Waals surface area contributed by atoms with Crippen LogP contribution in [0, 0.1) is 12.8 Å². The minimum Gasteiger partial charge on any atom is -0.381 e. The average molecular weight is 336 g/mol. The van der Waals surface area contributed by atoms with Crippen molar-refractivity contribution in [2.24, 2.45) is 10.9 Å². The Bertz CT molecular complexity index is 843. The Labute approximate surface area is 146 Å². The molecule has 0 radical (unpaired) electrons. The fourth-order valence-electron chi connectivity index (χ4n) is 3.06. The second kappa shape index (κ2) is 6.72. The van der Waals surface area contributed by atoms with Crippen molar-refractivity contribution in [3.05, 3.63) is 58.7 Å². The van der Waals surface area contributed by atoms with Crippen LogP contribution in [0.4, 0.5) is 0 Å². The number of pyridine rings is 2. The van der Waals surface area contributed by atoms with Crippen LogP contribution in [0.2, 0.25) is 0 Å². The highest BCUT2D eigenvalue weighted by Crippen LogP contribution is 2.23. The molecule has 6 heteroatoms. The Morgan fingerprint density at radius 3 is 2.96 bits per heavy atom. The quantitative estimate of drug-likeness (QED) is 0.896. The Morgan fingerprint density at radius 1 is 1.32 bits per heavy atom. The van der Waals surface area contributed by atoms with E-state index in [4.69, 9.17) is 4.74 Å². The molecule has 1 saturated heterocycles. The van der Waals surface area contributed by atoms with Crippen molar-refractivity contribution in [1.82, 2.24) is 15.3 Å². The fourth-order valence-corrected chi connectivity index (χ4v) is 3.06. The van der Waals surface area contributed by atoms with E-state index in [0.29, 0.717) is 25.4 Å². The van der Waals surface area contributed by atoms with E-state index in [1.807, 2.05) is 31.3 Å². The van der Waals surface area contributed by atoms with E-state index >= 15 is 0 Å². The highest BCUT2D eigenvalue weighted by Gasteiger charge is 2.21. The smallest absolute Gasteiger partial charge is 0.226 e. The predicted octanol–water partition coefficient (Wildman–Crippen LogP) is 1.44. The van der Waals surface area contributed by atoms with Crippen molar-refractivity contribution in [3.8, 4) is 0 Å². The van der Waals surface area contributed by atoms with Gasteiger partial charge in [0, 0.05) is 41.7 Å². The largest absolute Gasteiger partial charge is 0.381 e. The zero-order valence-corrected chi connectivity index (χ0v) is 14.2. The number of carbonyl (C=O) groups excluding carboxylic acids is 1. The maximum absolute atomic E-state index is 12.1. The van der Waals surface area contributed by atoms with Gasteiger partial charge in [0.2, 0.25) is 5.91 Å². The molecule has 1 amide bonds. The monoisotopic (exact) mass is 336 g/mol. The second-order valence-corrected chi connectivity index (χ2v) is 6.57. The lowest BCUT2D eigenvalue weighted by molar-refractivity contribution is -0.121. The number of fused-ring (bicyclic) bond motifs is 1. The molecule has 0 spiro atoms. The minimum absolute atomic E-state index is 0.00301. The van der Waals surface area contributed by atoms with E-state index in [2.05, 4.69) is 20.3 Å². The van der Waals surface area contributed by atoms with Gasteiger partial charge in [-0.3, -0.25) is 19.8 Å². The number of ether oxygens (including phenoxy) is 1. The van der Waals surface area contributed by atoms with Gasteiger partial charge in [-0.05, 0) is 30.7 Å². The van der Waals surface area contributed by atoms with Crippen molar-refractivity contribution in [1.29, 1.82) is 0 Å². The van der Waals surface area contributed by atoms with Gasteiger partial charge in [0.1, 0.15) is 0 Å². The van der Waals surface area contributed by atoms with Gasteiger partial charge in [-0.15, -0.1) is 0 Å². The summed E-state index contributed by atoms with van der Waals surface area (Å²) in [5, 5.41) is 2.95. The normalized spacial score (nSPS) is 16.1. The molecule has 2 aliphatic heterocycles. The maximum atomic E-state index is 12.1. The summed E-state index contributed by atoms with van der Waals surface area (Å²) in [6.45, 7) is 4.76. The Hall–Kier alpha value is -2.60. The summed E-state index contributed by atoms with van der Waals surface area (Å²) >= 11 is 0. The van der Waals surface area contributed by atoms with E-state index in [1.54, 1.807) is 6.20 Å². The molecule has 0 aromatic carbocycles. The molecule has 0 saturated carbocycles. The molecule has 1 fully saturated rings. The summed E-state index contributed by atoms with van der Waals surface area (Å²) in [5.41, 5.74) is 5.92. The predicted molar refractivity (Wildman–Crippen MR) is 93.6 cm³/mol. The van der Waals surface area contributed by atoms with Crippen molar-refractivity contribution >= 4 is 11.6 Å². The Balaban J connectivity index is 1.44. The number of carbonyl (C=O) groups is 1. The van der Waals surface area contributed by atoms with Gasteiger partial charge in [-0.1, -0.05) is 0 Å². The van der Waals surface area contributed by atoms with E-state index in [1.165, 1.54) is 0 Å². The number of hydrogen-bond donors (Lipinski definition) is 1. The molecule has 4 heterocycles. The summed E-state index contributed by atoms with van der Waals surface area (Å²) in [6.07, 6.45) is 3.92. The number of aromatic nitrogens is 2. The summed E-state index contributed by atoms with van der Waals surface area (Å²) < 4.78 is 5.11. The number of amides is 1. The van der Waals surface area contributed by atoms with Crippen LogP contribution in [0.15, 0.2) is 35.6 Å². The molecule has 25 heavy (non-hydrogen) atoms. The van der Waals surface area contributed by atoms with Gasteiger partial charge in [0.15, 0.2) is 0 Å². The third-order valence-corrected chi connectivity index (χ3v) is 4.52. The second-order valence-electron chi connectivity index (χ2n) is 6.57. The summed E-state index contributed by atoms with van der Waals surface area (Å²) in [5.74, 6) is 0.458. The van der Waals surface area contributed by atoms with Gasteiger partial charge >= 0.3 is 0 Å². The van der Waals surface area contributed by atoms with E-state index in [-0.39, 0.29) is 5.91 Å². The molecule has 2 aliphatic rings. The molecule has 2 aromatic rings. The average Bonchev–Trinajstić information content (AvgIpc) is 2.96. The maximum Gasteiger partial charge on any atom is 0.226 e. The fraction of sp³-hybridized carbons (Fsp3) is 0.368. The molecule has 0 unspecified atom stereocenters. The Morgan fingerprint density at radius 2 is 2.20 bits per heavy atom. The zero-order valence-electron chi connectivity index (χ0n) is 14.2. The van der Waals surface area contributed by atoms with E-state index in [9.17, 15) is 4.79 Å². The summed E-state index contributed by atoms with van der Waals surface area (Å²) in [7, 11) is 0. The van der Waals surface area contributed by atoms with Crippen molar-refractivity contribution in [2.45, 2.75) is 19.9 Å². The molecule has 4 rings (SSSR count). The third-order valence-electron chi connectivity index (χ3n) is 4.52. The van der Waals surface area contributed by atoms with Gasteiger partial charge in [0.05, 0.1) is 37.6 Å². The van der Waals surface area contributed by atoms with Gasteiger partial charge in [-0.25, -0.2) is 0 Å². The molecule has 6 nitrogen and oxygen atoms in total. The summed E-state index contributed by atoms with van der Waals surface area (Å²) in [6, 6.07) is 5.98. The first-order chi connectivity index (χ1) is 12.2. The summed E-state index contributed by atoms with van der Waals surface area (Å²) in [4.78, 5) is 25.4. The topological polar surface area (TPSA) is 76.5 Å². The number of hydrogen-bond acceptors (Lipinski definition) is 5. The van der Waals surface area contributed by atoms with Crippen molar-refractivity contribution in [2.75, 3.05) is 19.8 Å². The number of nitrogens with zero attached hydrogens (tertiary/aromatic N) is 3. The molecule has 0 atom stereocenters. The number of aryl methyl sites for hydroxylation is 1. The molecular weight excluding hydrogens is 316 g/mol. The third kappa shape index (κ3) is 3.44. The van der Waals surface area contributed by atoms with Crippen LogP contribution < -0.4 is 5.32 Å². The highest BCUT2D eigenvalue weighted by molar-refractivity contribution is 6.15. The molecular formula is C19H20N4O2. The first kappa shape index (κ1) is 15.9. The van der Waals surface area contributed by atoms with Crippen LogP contribution in [0.1, 0.15) is 28.1 Å². The minimum atomic E-state index is 0.00301. The van der Waals surface area contributed by atoms with Gasteiger partial charge in [0.25, 0.3) is 0 Å². The SMILES string of the molecule is Cc1cc(C2=NCc3cc(CC(=O)NCC4COC4)ncc32)ccn1. The van der Waals surface area contributed by atoms with Crippen LogP contribution in [-0.2, 0) is 22.5 Å². The number of nitrogens with one attached hydrogen (secondary N) is 1. The van der Waals surface area contributed by atoms with Gasteiger partial charge < -0.3 is 10.1 Å². The lowest BCUT2D eigenvalue weighted by atomic mass is 10.0. The number of rotatable bonds is 5. The van der Waals surface area contributed by atoms with Gasteiger partial charge in [-0.2, -0.15) is 0 Å². The first-order valence-corrected chi connectivity index (χ1v) is 8.49. The molecule has 2 aromatic heterocycles. The lowest BCUT2D eigenvalue weighted by Crippen LogP contribution is -2.39. The highest BCUT2D eigenvalue weighted by atomic mass is 16.5. The van der Waals surface area contributed by atoms with Crippen LogP contribution in [0.25, 0.3) is 0 Å². The van der Waals surface area contributed by atoms with Crippen molar-refractivity contribution < 1.29 is 9.53 Å². The van der Waals surface area contributed by atoms with Crippen LogP contribution >= 0.6 is 0 Å². The molecule has 128 valence electrons. The van der Waals surface area contributed by atoms with E-state index < -0.39 is 0 Å². The van der Waals surface area contributed by atoms with Crippen molar-refractivity contribution in [3.63, 3.8) is 0 Å². The van der Waals surface area contributed by atoms with E-state index in [0.717, 1.165) is 47.0 Å². The molecule has 0 aliphatic carbocycles. The van der Waals surface area contributed by atoms with Crippen LogP contribution in [0.5, 0.6) is 0 Å². The lowest BCUT2D eigenvalue weighted by Gasteiger charge is -2.25. The standard InChI is InChI=1S/C19H20N4O2/c1-12-4-14(2-3-20-12)19-17-9-21-16(5-15(17)8-23-19)6-18(24)22-7-13-10-25-11-13/h2-5,9,13H,6-8,10-11H2,1H3,(H,22,24). The zero-order chi connectivity index (χ0) is 17.2. The first-order valence-electron chi connectivity index (χ1n) is 8.49.